The van der Waals surface area contributed by atoms with Crippen LogP contribution in [0.25, 0.3) is 0 Å². The van der Waals surface area contributed by atoms with Gasteiger partial charge < -0.3 is 10.5 Å². The number of nitrogens with zero attached hydrogens (tertiary/aromatic N) is 1. The van der Waals surface area contributed by atoms with Crippen molar-refractivity contribution in [3.8, 4) is 5.75 Å². The summed E-state index contributed by atoms with van der Waals surface area (Å²) in [7, 11) is 1.57. The van der Waals surface area contributed by atoms with Crippen LogP contribution in [0.2, 0.25) is 0 Å². The predicted octanol–water partition coefficient (Wildman–Crippen LogP) is 4.53. The lowest BCUT2D eigenvalue weighted by atomic mass is 9.89. The van der Waals surface area contributed by atoms with Gasteiger partial charge in [-0.2, -0.15) is 0 Å². The van der Waals surface area contributed by atoms with E-state index in [4.69, 9.17) is 10.5 Å². The zero-order valence-corrected chi connectivity index (χ0v) is 14.1. The van der Waals surface area contributed by atoms with Crippen molar-refractivity contribution in [1.29, 1.82) is 0 Å². The maximum atomic E-state index is 13.5. The van der Waals surface area contributed by atoms with E-state index in [0.29, 0.717) is 22.1 Å². The van der Waals surface area contributed by atoms with E-state index in [1.165, 1.54) is 11.3 Å². The van der Waals surface area contributed by atoms with Gasteiger partial charge in [0.2, 0.25) is 0 Å². The van der Waals surface area contributed by atoms with Crippen molar-refractivity contribution in [3.05, 3.63) is 76.1 Å². The molecule has 1 aromatic heterocycles. The number of anilines is 1. The van der Waals surface area contributed by atoms with Crippen molar-refractivity contribution in [3.63, 3.8) is 0 Å². The molecule has 0 saturated carbocycles. The molecule has 0 spiro atoms. The fourth-order valence-electron chi connectivity index (χ4n) is 2.65. The summed E-state index contributed by atoms with van der Waals surface area (Å²) in [5.74, 6) is -3.46. The van der Waals surface area contributed by atoms with Gasteiger partial charge in [-0.15, -0.1) is 11.3 Å². The molecule has 0 aliphatic rings. The standard InChI is InChI=1S/C18H15F3N2OS/c1-24-12-4-2-11(3-5-12)13(16-9-25-18(22)23-16)6-10-7-14(19)17(21)15(20)8-10/h2-5,7-9,13H,6H2,1H3,(H2,22,23). The van der Waals surface area contributed by atoms with Gasteiger partial charge in [0.15, 0.2) is 22.6 Å². The Bertz CT molecular complexity index is 857. The first kappa shape index (κ1) is 17.3. The number of nitrogens with two attached hydrogens (primary N) is 1. The second-order valence-electron chi connectivity index (χ2n) is 5.51. The lowest BCUT2D eigenvalue weighted by molar-refractivity contribution is 0.414. The maximum absolute atomic E-state index is 13.5. The van der Waals surface area contributed by atoms with E-state index in [0.717, 1.165) is 17.7 Å². The lowest BCUT2D eigenvalue weighted by Crippen LogP contribution is -2.07. The summed E-state index contributed by atoms with van der Waals surface area (Å²) in [5.41, 5.74) is 7.63. The Hall–Kier alpha value is -2.54. The van der Waals surface area contributed by atoms with E-state index in [1.54, 1.807) is 24.6 Å². The average Bonchev–Trinajstić information content (AvgIpc) is 3.03. The highest BCUT2D eigenvalue weighted by Crippen LogP contribution is 2.32. The van der Waals surface area contributed by atoms with E-state index >= 15 is 0 Å². The zero-order chi connectivity index (χ0) is 18.0. The Balaban J connectivity index is 1.99. The molecule has 2 N–H and O–H groups in total. The highest BCUT2D eigenvalue weighted by molar-refractivity contribution is 7.13. The average molecular weight is 364 g/mol. The van der Waals surface area contributed by atoms with Gasteiger partial charge in [-0.1, -0.05) is 12.1 Å². The van der Waals surface area contributed by atoms with Gasteiger partial charge in [0, 0.05) is 11.3 Å². The summed E-state index contributed by atoms with van der Waals surface area (Å²) >= 11 is 1.29. The van der Waals surface area contributed by atoms with Crippen molar-refractivity contribution >= 4 is 16.5 Å². The van der Waals surface area contributed by atoms with Crippen LogP contribution < -0.4 is 10.5 Å². The molecule has 1 unspecified atom stereocenters. The predicted molar refractivity (Wildman–Crippen MR) is 91.4 cm³/mol. The maximum Gasteiger partial charge on any atom is 0.194 e. The van der Waals surface area contributed by atoms with Crippen molar-refractivity contribution in [2.75, 3.05) is 12.8 Å². The van der Waals surface area contributed by atoms with Gasteiger partial charge in [0.25, 0.3) is 0 Å². The van der Waals surface area contributed by atoms with E-state index in [1.807, 2.05) is 12.1 Å². The molecule has 7 heteroatoms. The van der Waals surface area contributed by atoms with Crippen LogP contribution in [0, 0.1) is 17.5 Å². The first-order chi connectivity index (χ1) is 12.0. The number of halogens is 3. The number of hydrogen-bond donors (Lipinski definition) is 1. The number of aromatic nitrogens is 1. The highest BCUT2D eigenvalue weighted by atomic mass is 32.1. The van der Waals surface area contributed by atoms with Crippen molar-refractivity contribution < 1.29 is 17.9 Å². The Morgan fingerprint density at radius 2 is 1.76 bits per heavy atom. The molecule has 1 heterocycles. The van der Waals surface area contributed by atoms with Gasteiger partial charge in [0.05, 0.1) is 12.8 Å². The number of methoxy groups -OCH3 is 1. The molecule has 0 bridgehead atoms. The van der Waals surface area contributed by atoms with E-state index in [-0.39, 0.29) is 12.3 Å². The SMILES string of the molecule is COc1ccc(C(Cc2cc(F)c(F)c(F)c2)c2csc(N)n2)cc1. The molecule has 0 aliphatic heterocycles. The summed E-state index contributed by atoms with van der Waals surface area (Å²) in [5, 5.41) is 2.21. The number of ether oxygens (including phenoxy) is 1. The summed E-state index contributed by atoms with van der Waals surface area (Å²) in [6.45, 7) is 0. The molecule has 2 aromatic carbocycles. The Labute approximate surface area is 146 Å². The summed E-state index contributed by atoms with van der Waals surface area (Å²) in [6.07, 6.45) is 0.254. The monoisotopic (exact) mass is 364 g/mol. The number of hydrogen-bond acceptors (Lipinski definition) is 4. The van der Waals surface area contributed by atoms with Crippen LogP contribution in [0.3, 0.4) is 0 Å². The highest BCUT2D eigenvalue weighted by Gasteiger charge is 2.20. The minimum absolute atomic E-state index is 0.254. The number of nitrogen functional groups attached to an aromatic ring is 1. The Kier molecular flexibility index (Phi) is 4.94. The van der Waals surface area contributed by atoms with Crippen molar-refractivity contribution in [2.45, 2.75) is 12.3 Å². The number of benzene rings is 2. The summed E-state index contributed by atoms with van der Waals surface area (Å²) < 4.78 is 45.4. The second-order valence-corrected chi connectivity index (χ2v) is 6.40. The molecule has 3 nitrogen and oxygen atoms in total. The third-order valence-corrected chi connectivity index (χ3v) is 4.59. The largest absolute Gasteiger partial charge is 0.497 e. The molecule has 3 aromatic rings. The Morgan fingerprint density at radius 3 is 2.28 bits per heavy atom. The van der Waals surface area contributed by atoms with E-state index in [2.05, 4.69) is 4.98 Å². The van der Waals surface area contributed by atoms with Crippen LogP contribution in [0.1, 0.15) is 22.7 Å². The molecular formula is C18H15F3N2OS. The van der Waals surface area contributed by atoms with Crippen LogP contribution in [0.15, 0.2) is 41.8 Å². The van der Waals surface area contributed by atoms with E-state index < -0.39 is 17.5 Å². The fraction of sp³-hybridized carbons (Fsp3) is 0.167. The first-order valence-electron chi connectivity index (χ1n) is 7.46. The normalized spacial score (nSPS) is 12.2. The molecule has 25 heavy (non-hydrogen) atoms. The van der Waals surface area contributed by atoms with Crippen LogP contribution >= 0.6 is 11.3 Å². The smallest absolute Gasteiger partial charge is 0.194 e. The number of rotatable bonds is 5. The molecule has 3 rings (SSSR count). The fourth-order valence-corrected chi connectivity index (χ4v) is 3.27. The quantitative estimate of drug-likeness (QED) is 0.677. The third kappa shape index (κ3) is 3.76. The van der Waals surface area contributed by atoms with Crippen LogP contribution in [0.4, 0.5) is 18.3 Å². The molecule has 0 amide bonds. The summed E-state index contributed by atoms with van der Waals surface area (Å²) in [4.78, 5) is 4.29. The molecule has 0 aliphatic carbocycles. The lowest BCUT2D eigenvalue weighted by Gasteiger charge is -2.16. The molecular weight excluding hydrogens is 349 g/mol. The molecule has 0 radical (unpaired) electrons. The minimum atomic E-state index is -1.47. The first-order valence-corrected chi connectivity index (χ1v) is 8.34. The van der Waals surface area contributed by atoms with Gasteiger partial charge in [-0.05, 0) is 41.8 Å². The third-order valence-electron chi connectivity index (χ3n) is 3.90. The van der Waals surface area contributed by atoms with Gasteiger partial charge >= 0.3 is 0 Å². The van der Waals surface area contributed by atoms with Crippen molar-refractivity contribution in [1.82, 2.24) is 4.98 Å². The minimum Gasteiger partial charge on any atom is -0.497 e. The van der Waals surface area contributed by atoms with Crippen LogP contribution in [0.5, 0.6) is 5.75 Å². The zero-order valence-electron chi connectivity index (χ0n) is 13.3. The Morgan fingerprint density at radius 1 is 1.12 bits per heavy atom. The topological polar surface area (TPSA) is 48.1 Å². The van der Waals surface area contributed by atoms with Gasteiger partial charge in [0.1, 0.15) is 5.75 Å². The summed E-state index contributed by atoms with van der Waals surface area (Å²) in [6, 6.07) is 9.31. The van der Waals surface area contributed by atoms with E-state index in [9.17, 15) is 13.2 Å². The van der Waals surface area contributed by atoms with Crippen LogP contribution in [-0.2, 0) is 6.42 Å². The van der Waals surface area contributed by atoms with Gasteiger partial charge in [-0.3, -0.25) is 0 Å². The molecule has 1 atom stereocenters. The molecule has 0 fully saturated rings. The molecule has 0 saturated heterocycles. The van der Waals surface area contributed by atoms with Gasteiger partial charge in [-0.25, -0.2) is 18.2 Å². The van der Waals surface area contributed by atoms with Crippen molar-refractivity contribution in [2.24, 2.45) is 0 Å². The second kappa shape index (κ2) is 7.14. The van der Waals surface area contributed by atoms with Crippen LogP contribution in [-0.4, -0.2) is 12.1 Å². The number of thiazole rings is 1. The molecule has 130 valence electrons.